The number of halogens is 1. The summed E-state index contributed by atoms with van der Waals surface area (Å²) in [5.74, 6) is 3.41. The Balaban J connectivity index is 0.00000225. The standard InChI is InChI=1S/C19H23N3O2.HI/c1-12-9-10-16(23-12)14(3)22-19(20-4)21-11-18-13(2)15-7-5-6-8-17(15)24-18;/h5-10,14H,11H2,1-4H3,(H2,20,21,22);1H. The molecule has 0 amide bonds. The van der Waals surface area contributed by atoms with E-state index in [2.05, 4.69) is 28.6 Å². The van der Waals surface area contributed by atoms with E-state index in [-0.39, 0.29) is 30.0 Å². The zero-order valence-corrected chi connectivity index (χ0v) is 17.3. The van der Waals surface area contributed by atoms with Crippen LogP contribution >= 0.6 is 24.0 Å². The molecule has 134 valence electrons. The van der Waals surface area contributed by atoms with E-state index < -0.39 is 0 Å². The van der Waals surface area contributed by atoms with Gasteiger partial charge in [-0.3, -0.25) is 4.99 Å². The Labute approximate surface area is 164 Å². The molecule has 2 N–H and O–H groups in total. The molecule has 0 spiro atoms. The third-order valence-corrected chi connectivity index (χ3v) is 4.12. The van der Waals surface area contributed by atoms with Crippen molar-refractivity contribution in [2.45, 2.75) is 33.4 Å². The van der Waals surface area contributed by atoms with Gasteiger partial charge >= 0.3 is 0 Å². The zero-order valence-electron chi connectivity index (χ0n) is 14.9. The van der Waals surface area contributed by atoms with Gasteiger partial charge in [0, 0.05) is 18.0 Å². The van der Waals surface area contributed by atoms with Gasteiger partial charge < -0.3 is 19.5 Å². The van der Waals surface area contributed by atoms with Crippen molar-refractivity contribution in [2.24, 2.45) is 4.99 Å². The predicted molar refractivity (Wildman–Crippen MR) is 112 cm³/mol. The summed E-state index contributed by atoms with van der Waals surface area (Å²) in [4.78, 5) is 4.27. The fraction of sp³-hybridized carbons (Fsp3) is 0.316. The number of rotatable bonds is 4. The quantitative estimate of drug-likeness (QED) is 0.342. The van der Waals surface area contributed by atoms with Gasteiger partial charge in [-0.1, -0.05) is 18.2 Å². The monoisotopic (exact) mass is 453 g/mol. The van der Waals surface area contributed by atoms with Crippen molar-refractivity contribution < 1.29 is 8.83 Å². The zero-order chi connectivity index (χ0) is 17.1. The number of benzene rings is 1. The van der Waals surface area contributed by atoms with Crippen LogP contribution in [0.3, 0.4) is 0 Å². The second kappa shape index (κ2) is 8.42. The number of fused-ring (bicyclic) bond motifs is 1. The smallest absolute Gasteiger partial charge is 0.191 e. The van der Waals surface area contributed by atoms with Crippen molar-refractivity contribution in [1.82, 2.24) is 10.6 Å². The molecule has 2 aromatic heterocycles. The molecule has 6 heteroatoms. The molecule has 25 heavy (non-hydrogen) atoms. The number of aliphatic imine (C=N–C) groups is 1. The Hall–Kier alpha value is -1.96. The van der Waals surface area contributed by atoms with E-state index in [1.54, 1.807) is 7.05 Å². The van der Waals surface area contributed by atoms with Crippen LogP contribution in [0.2, 0.25) is 0 Å². The predicted octanol–water partition coefficient (Wildman–Crippen LogP) is 4.69. The number of aryl methyl sites for hydroxylation is 2. The van der Waals surface area contributed by atoms with E-state index in [0.29, 0.717) is 12.5 Å². The van der Waals surface area contributed by atoms with Crippen molar-refractivity contribution in [1.29, 1.82) is 0 Å². The van der Waals surface area contributed by atoms with Crippen molar-refractivity contribution in [3.8, 4) is 0 Å². The molecule has 1 unspecified atom stereocenters. The van der Waals surface area contributed by atoms with Crippen LogP contribution in [0, 0.1) is 13.8 Å². The first-order valence-electron chi connectivity index (χ1n) is 8.09. The number of hydrogen-bond donors (Lipinski definition) is 2. The lowest BCUT2D eigenvalue weighted by Crippen LogP contribution is -2.38. The molecular weight excluding hydrogens is 429 g/mol. The number of nitrogens with zero attached hydrogens (tertiary/aromatic N) is 1. The molecule has 0 saturated heterocycles. The largest absolute Gasteiger partial charge is 0.464 e. The minimum Gasteiger partial charge on any atom is -0.464 e. The Kier molecular flexibility index (Phi) is 6.52. The van der Waals surface area contributed by atoms with Crippen molar-refractivity contribution in [3.05, 3.63) is 59.2 Å². The maximum atomic E-state index is 5.92. The lowest BCUT2D eigenvalue weighted by Gasteiger charge is -2.16. The maximum Gasteiger partial charge on any atom is 0.191 e. The molecule has 0 saturated carbocycles. The topological polar surface area (TPSA) is 62.7 Å². The summed E-state index contributed by atoms with van der Waals surface area (Å²) in [5.41, 5.74) is 2.07. The second-order valence-corrected chi connectivity index (χ2v) is 5.89. The van der Waals surface area contributed by atoms with Gasteiger partial charge in [-0.05, 0) is 39.0 Å². The van der Waals surface area contributed by atoms with E-state index in [4.69, 9.17) is 8.83 Å². The third-order valence-electron chi connectivity index (χ3n) is 4.12. The van der Waals surface area contributed by atoms with Crippen LogP contribution in [0.4, 0.5) is 0 Å². The van der Waals surface area contributed by atoms with Crippen LogP contribution in [0.25, 0.3) is 11.0 Å². The molecule has 3 rings (SSSR count). The lowest BCUT2D eigenvalue weighted by molar-refractivity contribution is 0.440. The van der Waals surface area contributed by atoms with E-state index in [1.165, 1.54) is 0 Å². The minimum absolute atomic E-state index is 0. The number of para-hydroxylation sites is 1. The Bertz CT molecular complexity index is 867. The summed E-state index contributed by atoms with van der Waals surface area (Å²) >= 11 is 0. The van der Waals surface area contributed by atoms with Crippen LogP contribution in [-0.4, -0.2) is 13.0 Å². The summed E-state index contributed by atoms with van der Waals surface area (Å²) in [6, 6.07) is 12.0. The molecular formula is C19H24IN3O2. The van der Waals surface area contributed by atoms with Gasteiger partial charge in [0.25, 0.3) is 0 Å². The minimum atomic E-state index is 0. The van der Waals surface area contributed by atoms with E-state index in [1.807, 2.05) is 44.2 Å². The number of hydrogen-bond acceptors (Lipinski definition) is 3. The Morgan fingerprint density at radius 1 is 1.12 bits per heavy atom. The van der Waals surface area contributed by atoms with Gasteiger partial charge in [0.1, 0.15) is 22.9 Å². The van der Waals surface area contributed by atoms with E-state index in [9.17, 15) is 0 Å². The highest BCUT2D eigenvalue weighted by atomic mass is 127. The third kappa shape index (κ3) is 4.36. The Morgan fingerprint density at radius 2 is 1.88 bits per heavy atom. The molecule has 1 aromatic carbocycles. The molecule has 3 aromatic rings. The second-order valence-electron chi connectivity index (χ2n) is 5.89. The van der Waals surface area contributed by atoms with Crippen LogP contribution in [0.1, 0.15) is 35.8 Å². The lowest BCUT2D eigenvalue weighted by atomic mass is 10.1. The molecule has 0 aliphatic heterocycles. The van der Waals surface area contributed by atoms with Crippen LogP contribution in [0.15, 0.2) is 50.2 Å². The fourth-order valence-corrected chi connectivity index (χ4v) is 2.71. The molecule has 1 atom stereocenters. The first-order chi connectivity index (χ1) is 11.6. The normalized spacial score (nSPS) is 12.7. The van der Waals surface area contributed by atoms with E-state index in [0.717, 1.165) is 33.8 Å². The molecule has 0 bridgehead atoms. The van der Waals surface area contributed by atoms with Gasteiger partial charge in [0.15, 0.2) is 5.96 Å². The first-order valence-corrected chi connectivity index (χ1v) is 8.09. The summed E-state index contributed by atoms with van der Waals surface area (Å²) in [7, 11) is 1.75. The van der Waals surface area contributed by atoms with Gasteiger partial charge in [-0.25, -0.2) is 0 Å². The molecule has 2 heterocycles. The van der Waals surface area contributed by atoms with Gasteiger partial charge in [0.2, 0.25) is 0 Å². The number of furan rings is 2. The molecule has 0 fully saturated rings. The molecule has 5 nitrogen and oxygen atoms in total. The summed E-state index contributed by atoms with van der Waals surface area (Å²) < 4.78 is 11.6. The van der Waals surface area contributed by atoms with Gasteiger partial charge in [-0.2, -0.15) is 0 Å². The van der Waals surface area contributed by atoms with Crippen LogP contribution in [-0.2, 0) is 6.54 Å². The average Bonchev–Trinajstić information content (AvgIpc) is 3.16. The maximum absolute atomic E-state index is 5.92. The van der Waals surface area contributed by atoms with E-state index >= 15 is 0 Å². The SMILES string of the molecule is CN=C(NCc1oc2ccccc2c1C)NC(C)c1ccc(C)o1.I. The average molecular weight is 453 g/mol. The van der Waals surface area contributed by atoms with Crippen molar-refractivity contribution in [2.75, 3.05) is 7.05 Å². The Morgan fingerprint density at radius 3 is 2.52 bits per heavy atom. The number of guanidine groups is 1. The summed E-state index contributed by atoms with van der Waals surface area (Å²) in [6.07, 6.45) is 0. The first kappa shape index (κ1) is 19.4. The highest BCUT2D eigenvalue weighted by molar-refractivity contribution is 14.0. The van der Waals surface area contributed by atoms with Crippen LogP contribution in [0.5, 0.6) is 0 Å². The van der Waals surface area contributed by atoms with Crippen molar-refractivity contribution >= 4 is 40.9 Å². The molecule has 0 radical (unpaired) electrons. The van der Waals surface area contributed by atoms with Crippen LogP contribution < -0.4 is 10.6 Å². The van der Waals surface area contributed by atoms with Gasteiger partial charge in [-0.15, -0.1) is 24.0 Å². The summed E-state index contributed by atoms with van der Waals surface area (Å²) in [6.45, 7) is 6.63. The number of nitrogens with one attached hydrogen (secondary N) is 2. The van der Waals surface area contributed by atoms with Crippen molar-refractivity contribution in [3.63, 3.8) is 0 Å². The summed E-state index contributed by atoms with van der Waals surface area (Å²) in [5, 5.41) is 7.77. The molecule has 0 aliphatic carbocycles. The molecule has 0 aliphatic rings. The highest BCUT2D eigenvalue weighted by Gasteiger charge is 2.13. The van der Waals surface area contributed by atoms with Gasteiger partial charge in [0.05, 0.1) is 12.6 Å². The highest BCUT2D eigenvalue weighted by Crippen LogP contribution is 2.24. The fourth-order valence-electron chi connectivity index (χ4n) is 2.71.